The van der Waals surface area contributed by atoms with Crippen LogP contribution in [-0.2, 0) is 0 Å². The van der Waals surface area contributed by atoms with Gasteiger partial charge >= 0.3 is 0 Å². The minimum atomic E-state index is -0.421. The molecule has 0 radical (unpaired) electrons. The number of nitro groups is 1. The molecule has 1 aromatic carbocycles. The second-order valence-electron chi connectivity index (χ2n) is 3.89. The maximum atomic E-state index is 10.7. The molecule has 0 aromatic heterocycles. The Bertz CT molecular complexity index is 459. The summed E-state index contributed by atoms with van der Waals surface area (Å²) in [7, 11) is 0. The van der Waals surface area contributed by atoms with Gasteiger partial charge in [-0.1, -0.05) is 6.08 Å². The second-order valence-corrected chi connectivity index (χ2v) is 4.74. The summed E-state index contributed by atoms with van der Waals surface area (Å²) in [6.45, 7) is 0. The minimum absolute atomic E-state index is 0.0158. The van der Waals surface area contributed by atoms with E-state index in [1.165, 1.54) is 12.1 Å². The summed E-state index contributed by atoms with van der Waals surface area (Å²) in [6, 6.07) is 4.54. The van der Waals surface area contributed by atoms with Crippen LogP contribution in [-0.4, -0.2) is 11.0 Å². The number of non-ortho nitro benzene ring substituents is 1. The molecule has 1 atom stereocenters. The van der Waals surface area contributed by atoms with Gasteiger partial charge in [-0.15, -0.1) is 0 Å². The first-order valence-corrected chi connectivity index (χ1v) is 6.23. The zero-order valence-corrected chi connectivity index (χ0v) is 10.7. The molecule has 0 fully saturated rings. The number of hydrogen-bond acceptors (Lipinski definition) is 3. The Labute approximate surface area is 108 Å². The van der Waals surface area contributed by atoms with Gasteiger partial charge in [0.2, 0.25) is 0 Å². The van der Waals surface area contributed by atoms with Crippen LogP contribution in [0.1, 0.15) is 19.3 Å². The molecular weight excluding hydrogens is 286 g/mol. The van der Waals surface area contributed by atoms with Crippen LogP contribution in [0.5, 0.6) is 5.75 Å². The molecule has 5 heteroatoms. The molecule has 0 heterocycles. The summed E-state index contributed by atoms with van der Waals surface area (Å²) >= 11 is 3.33. The van der Waals surface area contributed by atoms with Gasteiger partial charge in [0.15, 0.2) is 0 Å². The van der Waals surface area contributed by atoms with E-state index in [2.05, 4.69) is 22.0 Å². The Kier molecular flexibility index (Phi) is 3.78. The van der Waals surface area contributed by atoms with E-state index in [1.54, 1.807) is 6.07 Å². The Morgan fingerprint density at radius 1 is 1.47 bits per heavy atom. The van der Waals surface area contributed by atoms with Crippen LogP contribution in [0.15, 0.2) is 34.8 Å². The molecule has 1 aliphatic carbocycles. The van der Waals surface area contributed by atoms with Gasteiger partial charge in [-0.2, -0.15) is 0 Å². The molecule has 0 bridgehead atoms. The van der Waals surface area contributed by atoms with Crippen LogP contribution in [0, 0.1) is 10.1 Å². The first kappa shape index (κ1) is 12.1. The number of nitro benzene ring substituents is 1. The lowest BCUT2D eigenvalue weighted by Gasteiger charge is -2.19. The average Bonchev–Trinajstić information content (AvgIpc) is 2.33. The summed E-state index contributed by atoms with van der Waals surface area (Å²) in [5.74, 6) is 0.524. The van der Waals surface area contributed by atoms with Gasteiger partial charge in [0.25, 0.3) is 5.69 Å². The van der Waals surface area contributed by atoms with Crippen LogP contribution in [0.4, 0.5) is 5.69 Å². The molecule has 0 spiro atoms. The van der Waals surface area contributed by atoms with E-state index in [4.69, 9.17) is 4.74 Å². The smallest absolute Gasteiger partial charge is 0.273 e. The summed E-state index contributed by atoms with van der Waals surface area (Å²) in [6.07, 6.45) is 7.23. The fourth-order valence-electron chi connectivity index (χ4n) is 1.74. The van der Waals surface area contributed by atoms with Crippen LogP contribution in [0.25, 0.3) is 0 Å². The van der Waals surface area contributed by atoms with E-state index < -0.39 is 4.92 Å². The van der Waals surface area contributed by atoms with Crippen molar-refractivity contribution >= 4 is 21.6 Å². The quantitative estimate of drug-likeness (QED) is 0.484. The number of nitrogens with zero attached hydrogens (tertiary/aromatic N) is 1. The minimum Gasteiger partial charge on any atom is -0.485 e. The van der Waals surface area contributed by atoms with Crippen molar-refractivity contribution in [3.8, 4) is 5.75 Å². The Hall–Kier alpha value is -1.36. The average molecular weight is 298 g/mol. The van der Waals surface area contributed by atoms with Gasteiger partial charge in [0, 0.05) is 6.07 Å². The standard InChI is InChI=1S/C12H12BrNO3/c13-11-7-6-9(14(15)16)8-12(11)17-10-4-2-1-3-5-10/h2,4,6-8,10H,1,3,5H2. The van der Waals surface area contributed by atoms with E-state index in [0.29, 0.717) is 5.75 Å². The molecule has 1 unspecified atom stereocenters. The molecule has 1 aliphatic rings. The highest BCUT2D eigenvalue weighted by Gasteiger charge is 2.15. The number of hydrogen-bond donors (Lipinski definition) is 0. The lowest BCUT2D eigenvalue weighted by Crippen LogP contribution is -2.15. The van der Waals surface area contributed by atoms with Crippen molar-refractivity contribution in [2.45, 2.75) is 25.4 Å². The summed E-state index contributed by atoms with van der Waals surface area (Å²) in [5.41, 5.74) is 0.0444. The number of ether oxygens (including phenoxy) is 1. The van der Waals surface area contributed by atoms with E-state index in [-0.39, 0.29) is 11.8 Å². The summed E-state index contributed by atoms with van der Waals surface area (Å²) in [4.78, 5) is 10.3. The van der Waals surface area contributed by atoms with Gasteiger partial charge in [0.1, 0.15) is 11.9 Å². The zero-order valence-electron chi connectivity index (χ0n) is 9.14. The summed E-state index contributed by atoms with van der Waals surface area (Å²) < 4.78 is 6.48. The lowest BCUT2D eigenvalue weighted by atomic mass is 10.1. The third-order valence-electron chi connectivity index (χ3n) is 2.61. The van der Waals surface area contributed by atoms with E-state index in [1.807, 2.05) is 6.08 Å². The Morgan fingerprint density at radius 2 is 2.29 bits per heavy atom. The molecule has 2 rings (SSSR count). The van der Waals surface area contributed by atoms with Crippen molar-refractivity contribution in [1.82, 2.24) is 0 Å². The highest BCUT2D eigenvalue weighted by Crippen LogP contribution is 2.31. The fraction of sp³-hybridized carbons (Fsp3) is 0.333. The van der Waals surface area contributed by atoms with E-state index >= 15 is 0 Å². The molecule has 17 heavy (non-hydrogen) atoms. The molecule has 0 saturated carbocycles. The fourth-order valence-corrected chi connectivity index (χ4v) is 2.08. The van der Waals surface area contributed by atoms with Crippen LogP contribution in [0.3, 0.4) is 0 Å². The van der Waals surface area contributed by atoms with E-state index in [0.717, 1.165) is 23.7 Å². The molecule has 0 saturated heterocycles. The second kappa shape index (κ2) is 5.31. The zero-order chi connectivity index (χ0) is 12.3. The van der Waals surface area contributed by atoms with Crippen LogP contribution < -0.4 is 4.74 Å². The maximum absolute atomic E-state index is 10.7. The number of rotatable bonds is 3. The van der Waals surface area contributed by atoms with Crippen molar-refractivity contribution in [2.75, 3.05) is 0 Å². The maximum Gasteiger partial charge on any atom is 0.273 e. The molecule has 0 amide bonds. The van der Waals surface area contributed by atoms with E-state index in [9.17, 15) is 10.1 Å². The SMILES string of the molecule is O=[N+]([O-])c1ccc(Br)c(OC2C=CCCC2)c1. The molecule has 4 nitrogen and oxygen atoms in total. The van der Waals surface area contributed by atoms with Crippen molar-refractivity contribution in [2.24, 2.45) is 0 Å². The number of halogens is 1. The molecule has 90 valence electrons. The lowest BCUT2D eigenvalue weighted by molar-refractivity contribution is -0.385. The Balaban J connectivity index is 2.19. The molecule has 1 aromatic rings. The third-order valence-corrected chi connectivity index (χ3v) is 3.27. The molecule has 0 N–H and O–H groups in total. The van der Waals surface area contributed by atoms with Crippen molar-refractivity contribution in [1.29, 1.82) is 0 Å². The normalized spacial score (nSPS) is 19.0. The highest BCUT2D eigenvalue weighted by molar-refractivity contribution is 9.10. The first-order valence-electron chi connectivity index (χ1n) is 5.44. The van der Waals surface area contributed by atoms with Gasteiger partial charge in [-0.3, -0.25) is 10.1 Å². The van der Waals surface area contributed by atoms with Gasteiger partial charge in [0.05, 0.1) is 15.5 Å². The van der Waals surface area contributed by atoms with Gasteiger partial charge < -0.3 is 4.74 Å². The molecular formula is C12H12BrNO3. The van der Waals surface area contributed by atoms with Crippen molar-refractivity contribution in [3.05, 3.63) is 44.9 Å². The first-order chi connectivity index (χ1) is 8.16. The van der Waals surface area contributed by atoms with Crippen LogP contribution >= 0.6 is 15.9 Å². The number of benzene rings is 1. The predicted molar refractivity (Wildman–Crippen MR) is 68.2 cm³/mol. The third kappa shape index (κ3) is 3.06. The monoisotopic (exact) mass is 297 g/mol. The van der Waals surface area contributed by atoms with Crippen molar-refractivity contribution < 1.29 is 9.66 Å². The number of allylic oxidation sites excluding steroid dienone is 1. The Morgan fingerprint density at radius 3 is 2.94 bits per heavy atom. The van der Waals surface area contributed by atoms with Crippen LogP contribution in [0.2, 0.25) is 0 Å². The largest absolute Gasteiger partial charge is 0.485 e. The predicted octanol–water partition coefficient (Wildman–Crippen LogP) is 3.84. The van der Waals surface area contributed by atoms with Gasteiger partial charge in [-0.05, 0) is 47.3 Å². The topological polar surface area (TPSA) is 52.4 Å². The molecule has 0 aliphatic heterocycles. The van der Waals surface area contributed by atoms with Gasteiger partial charge in [-0.25, -0.2) is 0 Å². The summed E-state index contributed by atoms with van der Waals surface area (Å²) in [5, 5.41) is 10.7. The van der Waals surface area contributed by atoms with Crippen molar-refractivity contribution in [3.63, 3.8) is 0 Å². The highest BCUT2D eigenvalue weighted by atomic mass is 79.9.